The van der Waals surface area contributed by atoms with Crippen LogP contribution in [0.4, 0.5) is 4.79 Å². The molecule has 0 unspecified atom stereocenters. The second-order valence-corrected chi connectivity index (χ2v) is 7.08. The van der Waals surface area contributed by atoms with Gasteiger partial charge in [0.2, 0.25) is 5.91 Å². The summed E-state index contributed by atoms with van der Waals surface area (Å²) in [6, 6.07) is 6.21. The quantitative estimate of drug-likeness (QED) is 0.285. The van der Waals surface area contributed by atoms with Gasteiger partial charge in [-0.25, -0.2) is 4.79 Å². The molecule has 1 saturated carbocycles. The molecule has 29 heavy (non-hydrogen) atoms. The number of nitrogens with one attached hydrogen (secondary N) is 2. The van der Waals surface area contributed by atoms with Crippen molar-refractivity contribution in [2.24, 2.45) is 5.92 Å². The molecule has 2 amide bonds. The highest BCUT2D eigenvalue weighted by Gasteiger charge is 2.17. The lowest BCUT2D eigenvalue weighted by Gasteiger charge is -2.10. The molecule has 0 bridgehead atoms. The van der Waals surface area contributed by atoms with E-state index in [1.54, 1.807) is 25.1 Å². The van der Waals surface area contributed by atoms with Crippen LogP contribution in [0.2, 0.25) is 0 Å². The van der Waals surface area contributed by atoms with Crippen LogP contribution in [0.25, 0.3) is 0 Å². The van der Waals surface area contributed by atoms with E-state index in [0.29, 0.717) is 36.7 Å². The van der Waals surface area contributed by atoms with Crippen molar-refractivity contribution in [2.75, 3.05) is 19.7 Å². The third kappa shape index (κ3) is 7.97. The first-order valence-electron chi connectivity index (χ1n) is 10.2. The molecule has 2 rings (SSSR count). The van der Waals surface area contributed by atoms with Crippen LogP contribution in [-0.2, 0) is 9.53 Å². The van der Waals surface area contributed by atoms with E-state index in [4.69, 9.17) is 4.74 Å². The van der Waals surface area contributed by atoms with Gasteiger partial charge < -0.3 is 20.1 Å². The summed E-state index contributed by atoms with van der Waals surface area (Å²) in [6.45, 7) is 4.90. The average Bonchev–Trinajstić information content (AvgIpc) is 3.23. The zero-order valence-corrected chi connectivity index (χ0v) is 17.2. The number of hydrogen-bond donors (Lipinski definition) is 2. The zero-order chi connectivity index (χ0) is 21.1. The molecule has 7 nitrogen and oxygen atoms in total. The summed E-state index contributed by atoms with van der Waals surface area (Å²) < 4.78 is 9.64. The number of benzene rings is 1. The molecular formula is C22H30N2O5. The number of rotatable bonds is 9. The van der Waals surface area contributed by atoms with Crippen LogP contribution in [0, 0.1) is 5.92 Å². The molecule has 0 radical (unpaired) electrons. The summed E-state index contributed by atoms with van der Waals surface area (Å²) in [7, 11) is 0. The molecule has 0 heterocycles. The van der Waals surface area contributed by atoms with E-state index in [1.165, 1.54) is 37.8 Å². The Balaban J connectivity index is 1.64. The van der Waals surface area contributed by atoms with E-state index in [1.807, 2.05) is 6.92 Å². The normalized spacial score (nSPS) is 14.3. The van der Waals surface area contributed by atoms with Gasteiger partial charge in [0.15, 0.2) is 0 Å². The summed E-state index contributed by atoms with van der Waals surface area (Å²) in [6.07, 6.45) is 6.41. The first kappa shape index (κ1) is 22.5. The van der Waals surface area contributed by atoms with Crippen molar-refractivity contribution < 1.29 is 23.9 Å². The maximum Gasteiger partial charge on any atom is 0.513 e. The van der Waals surface area contributed by atoms with Crippen molar-refractivity contribution in [3.05, 3.63) is 41.5 Å². The van der Waals surface area contributed by atoms with E-state index in [-0.39, 0.29) is 18.4 Å². The SMILES string of the molecule is CCOC(=O)Oc1ccc(C(=O)NCCCNC(=O)/C=C(\C)C2CCCC2)cc1. The minimum Gasteiger partial charge on any atom is -0.434 e. The van der Waals surface area contributed by atoms with Crippen LogP contribution >= 0.6 is 0 Å². The van der Waals surface area contributed by atoms with Crippen molar-refractivity contribution >= 4 is 18.0 Å². The monoisotopic (exact) mass is 402 g/mol. The van der Waals surface area contributed by atoms with E-state index in [9.17, 15) is 14.4 Å². The van der Waals surface area contributed by atoms with Crippen LogP contribution in [0.1, 0.15) is 56.3 Å². The lowest BCUT2D eigenvalue weighted by molar-refractivity contribution is -0.116. The van der Waals surface area contributed by atoms with Crippen molar-refractivity contribution in [2.45, 2.75) is 46.0 Å². The molecule has 1 aliphatic carbocycles. The molecule has 0 saturated heterocycles. The molecule has 0 spiro atoms. The van der Waals surface area contributed by atoms with E-state index >= 15 is 0 Å². The molecule has 1 aliphatic rings. The highest BCUT2D eigenvalue weighted by molar-refractivity contribution is 5.94. The van der Waals surface area contributed by atoms with Crippen LogP contribution < -0.4 is 15.4 Å². The molecule has 2 N–H and O–H groups in total. The van der Waals surface area contributed by atoms with Crippen LogP contribution in [0.5, 0.6) is 5.75 Å². The largest absolute Gasteiger partial charge is 0.513 e. The van der Waals surface area contributed by atoms with Gasteiger partial charge in [0, 0.05) is 24.7 Å². The van der Waals surface area contributed by atoms with Gasteiger partial charge in [-0.2, -0.15) is 0 Å². The van der Waals surface area contributed by atoms with Crippen LogP contribution in [-0.4, -0.2) is 37.7 Å². The average molecular weight is 402 g/mol. The molecule has 0 atom stereocenters. The van der Waals surface area contributed by atoms with E-state index in [2.05, 4.69) is 15.4 Å². The Morgan fingerprint density at radius 2 is 1.72 bits per heavy atom. The topological polar surface area (TPSA) is 93.7 Å². The smallest absolute Gasteiger partial charge is 0.434 e. The summed E-state index contributed by atoms with van der Waals surface area (Å²) in [4.78, 5) is 35.3. The second kappa shape index (κ2) is 11.9. The maximum atomic E-state index is 12.1. The van der Waals surface area contributed by atoms with Gasteiger partial charge >= 0.3 is 6.16 Å². The van der Waals surface area contributed by atoms with Crippen molar-refractivity contribution in [1.82, 2.24) is 10.6 Å². The predicted octanol–water partition coefficient (Wildman–Crippen LogP) is 3.59. The Morgan fingerprint density at radius 3 is 2.38 bits per heavy atom. The number of allylic oxidation sites excluding steroid dienone is 1. The van der Waals surface area contributed by atoms with Crippen LogP contribution in [0.15, 0.2) is 35.9 Å². The summed E-state index contributed by atoms with van der Waals surface area (Å²) in [5, 5.41) is 5.66. The van der Waals surface area contributed by atoms with Gasteiger partial charge in [0.25, 0.3) is 5.91 Å². The maximum absolute atomic E-state index is 12.1. The molecule has 0 aliphatic heterocycles. The first-order chi connectivity index (χ1) is 14.0. The standard InChI is InChI=1S/C22H30N2O5/c1-3-28-22(27)29-19-11-9-18(10-12-19)21(26)24-14-6-13-23-20(25)15-16(2)17-7-4-5-8-17/h9-12,15,17H,3-8,13-14H2,1-2H3,(H,23,25)(H,24,26)/b16-15+. The third-order valence-electron chi connectivity index (χ3n) is 4.88. The Morgan fingerprint density at radius 1 is 1.07 bits per heavy atom. The van der Waals surface area contributed by atoms with Gasteiger partial charge in [-0.15, -0.1) is 0 Å². The molecular weight excluding hydrogens is 372 g/mol. The fourth-order valence-electron chi connectivity index (χ4n) is 3.28. The number of amides is 2. The highest BCUT2D eigenvalue weighted by atomic mass is 16.7. The van der Waals surface area contributed by atoms with Crippen molar-refractivity contribution in [1.29, 1.82) is 0 Å². The van der Waals surface area contributed by atoms with Gasteiger partial charge in [-0.05, 0) is 63.3 Å². The van der Waals surface area contributed by atoms with Gasteiger partial charge in [-0.3, -0.25) is 9.59 Å². The predicted molar refractivity (Wildman–Crippen MR) is 110 cm³/mol. The third-order valence-corrected chi connectivity index (χ3v) is 4.88. The minimum atomic E-state index is -0.778. The fraction of sp³-hybridized carbons (Fsp3) is 0.500. The van der Waals surface area contributed by atoms with Crippen molar-refractivity contribution in [3.63, 3.8) is 0 Å². The molecule has 1 fully saturated rings. The Labute approximate surface area is 171 Å². The highest BCUT2D eigenvalue weighted by Crippen LogP contribution is 2.30. The zero-order valence-electron chi connectivity index (χ0n) is 17.2. The lowest BCUT2D eigenvalue weighted by atomic mass is 9.99. The van der Waals surface area contributed by atoms with Crippen LogP contribution in [0.3, 0.4) is 0 Å². The Hall–Kier alpha value is -2.83. The molecule has 1 aromatic carbocycles. The number of hydrogen-bond acceptors (Lipinski definition) is 5. The number of ether oxygens (including phenoxy) is 2. The Kier molecular flexibility index (Phi) is 9.21. The van der Waals surface area contributed by atoms with Gasteiger partial charge in [-0.1, -0.05) is 18.4 Å². The van der Waals surface area contributed by atoms with Crippen molar-refractivity contribution in [3.8, 4) is 5.75 Å². The molecule has 1 aromatic rings. The molecule has 158 valence electrons. The number of carbonyl (C=O) groups excluding carboxylic acids is 3. The Bertz CT molecular complexity index is 721. The molecule has 7 heteroatoms. The summed E-state index contributed by atoms with van der Waals surface area (Å²) in [5.74, 6) is 0.562. The van der Waals surface area contributed by atoms with E-state index < -0.39 is 6.16 Å². The summed E-state index contributed by atoms with van der Waals surface area (Å²) in [5.41, 5.74) is 1.61. The lowest BCUT2D eigenvalue weighted by Crippen LogP contribution is -2.29. The fourth-order valence-corrected chi connectivity index (χ4v) is 3.28. The second-order valence-electron chi connectivity index (χ2n) is 7.08. The minimum absolute atomic E-state index is 0.0714. The van der Waals surface area contributed by atoms with Gasteiger partial charge in [0.1, 0.15) is 5.75 Å². The summed E-state index contributed by atoms with van der Waals surface area (Å²) >= 11 is 0. The van der Waals surface area contributed by atoms with Gasteiger partial charge in [0.05, 0.1) is 6.61 Å². The molecule has 0 aromatic heterocycles. The number of carbonyl (C=O) groups is 3. The first-order valence-corrected chi connectivity index (χ1v) is 10.2. The van der Waals surface area contributed by atoms with E-state index in [0.717, 1.165) is 5.57 Å².